The van der Waals surface area contributed by atoms with Gasteiger partial charge in [-0.25, -0.2) is 4.79 Å². The molecule has 17 heavy (non-hydrogen) atoms. The van der Waals surface area contributed by atoms with Crippen molar-refractivity contribution in [3.63, 3.8) is 0 Å². The van der Waals surface area contributed by atoms with Crippen LogP contribution in [0.15, 0.2) is 0 Å². The maximum absolute atomic E-state index is 11.8. The maximum atomic E-state index is 11.8. The minimum absolute atomic E-state index is 0.182. The van der Waals surface area contributed by atoms with Crippen LogP contribution in [0, 0.1) is 0 Å². The molecule has 0 saturated heterocycles. The van der Waals surface area contributed by atoms with Crippen LogP contribution in [0.25, 0.3) is 0 Å². The summed E-state index contributed by atoms with van der Waals surface area (Å²) in [6.45, 7) is 3.56. The van der Waals surface area contributed by atoms with Gasteiger partial charge in [-0.2, -0.15) is 4.89 Å². The number of hydrogen-bond acceptors (Lipinski definition) is 4. The molecular weight excluding hydrogens is 220 g/mol. The quantitative estimate of drug-likeness (QED) is 0.612. The molecule has 0 aromatic carbocycles. The fourth-order valence-electron chi connectivity index (χ4n) is 2.09. The van der Waals surface area contributed by atoms with E-state index in [2.05, 4.69) is 0 Å². The van der Waals surface area contributed by atoms with Crippen molar-refractivity contribution in [3.05, 3.63) is 0 Å². The van der Waals surface area contributed by atoms with E-state index in [9.17, 15) is 9.90 Å². The Bertz CT molecular complexity index is 228. The minimum atomic E-state index is -1.35. The molecule has 1 aliphatic rings. The van der Waals surface area contributed by atoms with E-state index in [1.54, 1.807) is 13.8 Å². The molecule has 0 aliphatic heterocycles. The second-order valence-electron chi connectivity index (χ2n) is 5.17. The molecule has 0 spiro atoms. The minimum Gasteiger partial charge on any atom is -0.378 e. The summed E-state index contributed by atoms with van der Waals surface area (Å²) in [5.41, 5.74) is -1.35. The molecule has 0 amide bonds. The highest BCUT2D eigenvalue weighted by atomic mass is 17.2. The lowest BCUT2D eigenvalue weighted by Crippen LogP contribution is -2.40. The number of carbonyl (C=O) groups excluding carboxylic acids is 1. The second-order valence-corrected chi connectivity index (χ2v) is 5.17. The highest BCUT2D eigenvalue weighted by Crippen LogP contribution is 2.27. The molecule has 0 radical (unpaired) electrons. The first-order chi connectivity index (χ1) is 8.04. The van der Waals surface area contributed by atoms with Crippen LogP contribution in [-0.2, 0) is 14.6 Å². The third kappa shape index (κ3) is 5.04. The molecule has 1 N–H and O–H groups in total. The average Bonchev–Trinajstić information content (AvgIpc) is 2.39. The van der Waals surface area contributed by atoms with Gasteiger partial charge in [0.1, 0.15) is 0 Å². The predicted octanol–water partition coefficient (Wildman–Crippen LogP) is 2.74. The fourth-order valence-corrected chi connectivity index (χ4v) is 2.09. The van der Waals surface area contributed by atoms with Gasteiger partial charge in [0, 0.05) is 0 Å². The third-order valence-corrected chi connectivity index (χ3v) is 3.13. The largest absolute Gasteiger partial charge is 0.378 e. The van der Waals surface area contributed by atoms with E-state index >= 15 is 0 Å². The fraction of sp³-hybridized carbons (Fsp3) is 0.923. The summed E-state index contributed by atoms with van der Waals surface area (Å²) in [5, 5.41) is 10.3. The average molecular weight is 244 g/mol. The Labute approximate surface area is 103 Å². The predicted molar refractivity (Wildman–Crippen MR) is 64.2 cm³/mol. The first-order valence-corrected chi connectivity index (χ1v) is 6.65. The molecule has 0 heterocycles. The standard InChI is InChI=1S/C13H24O4/c1-11(2)16-17-12(14)13(15)9-7-5-3-4-6-8-10-13/h11,15H,3-10H2,1-2H3. The van der Waals surface area contributed by atoms with E-state index in [4.69, 9.17) is 9.78 Å². The highest BCUT2D eigenvalue weighted by molar-refractivity contribution is 5.78. The van der Waals surface area contributed by atoms with Gasteiger partial charge in [0.05, 0.1) is 6.10 Å². The molecule has 0 atom stereocenters. The van der Waals surface area contributed by atoms with Crippen molar-refractivity contribution in [2.45, 2.75) is 76.9 Å². The molecule has 100 valence electrons. The zero-order valence-corrected chi connectivity index (χ0v) is 10.9. The van der Waals surface area contributed by atoms with Crippen LogP contribution in [-0.4, -0.2) is 22.8 Å². The molecule has 1 rings (SSSR count). The zero-order chi connectivity index (χ0) is 12.7. The lowest BCUT2D eigenvalue weighted by atomic mass is 9.92. The Morgan fingerprint density at radius 3 is 2.00 bits per heavy atom. The lowest BCUT2D eigenvalue weighted by molar-refractivity contribution is -0.303. The molecule has 0 unspecified atom stereocenters. The van der Waals surface area contributed by atoms with Crippen molar-refractivity contribution < 1.29 is 19.7 Å². The number of hydrogen-bond donors (Lipinski definition) is 1. The molecule has 1 saturated carbocycles. The van der Waals surface area contributed by atoms with Crippen LogP contribution >= 0.6 is 0 Å². The van der Waals surface area contributed by atoms with Gasteiger partial charge in [-0.15, -0.1) is 0 Å². The number of rotatable bonds is 3. The molecule has 0 bridgehead atoms. The first-order valence-electron chi connectivity index (χ1n) is 6.65. The van der Waals surface area contributed by atoms with E-state index in [0.717, 1.165) is 25.7 Å². The lowest BCUT2D eigenvalue weighted by Gasteiger charge is -2.24. The summed E-state index contributed by atoms with van der Waals surface area (Å²) < 4.78 is 0. The first kappa shape index (κ1) is 14.5. The Morgan fingerprint density at radius 2 is 1.53 bits per heavy atom. The number of carbonyl (C=O) groups is 1. The van der Waals surface area contributed by atoms with E-state index in [-0.39, 0.29) is 6.10 Å². The van der Waals surface area contributed by atoms with Crippen molar-refractivity contribution in [2.24, 2.45) is 0 Å². The second kappa shape index (κ2) is 6.97. The summed E-state index contributed by atoms with van der Waals surface area (Å²) in [5.74, 6) is -0.631. The van der Waals surface area contributed by atoms with Gasteiger partial charge >= 0.3 is 5.97 Å². The molecule has 0 aromatic heterocycles. The number of aliphatic hydroxyl groups is 1. The van der Waals surface area contributed by atoms with E-state index in [0.29, 0.717) is 12.8 Å². The van der Waals surface area contributed by atoms with Gasteiger partial charge in [-0.3, -0.25) is 4.89 Å². The third-order valence-electron chi connectivity index (χ3n) is 3.13. The van der Waals surface area contributed by atoms with Crippen molar-refractivity contribution >= 4 is 5.97 Å². The monoisotopic (exact) mass is 244 g/mol. The van der Waals surface area contributed by atoms with Gasteiger partial charge in [-0.1, -0.05) is 25.7 Å². The van der Waals surface area contributed by atoms with E-state index in [1.165, 1.54) is 12.8 Å². The molecule has 0 aromatic rings. The van der Waals surface area contributed by atoms with Gasteiger partial charge in [0.2, 0.25) is 0 Å². The van der Waals surface area contributed by atoms with Gasteiger partial charge < -0.3 is 5.11 Å². The van der Waals surface area contributed by atoms with Crippen molar-refractivity contribution in [1.82, 2.24) is 0 Å². The highest BCUT2D eigenvalue weighted by Gasteiger charge is 2.38. The summed E-state index contributed by atoms with van der Waals surface area (Å²) >= 11 is 0. The smallest absolute Gasteiger partial charge is 0.373 e. The Hall–Kier alpha value is -0.610. The molecule has 1 aliphatic carbocycles. The maximum Gasteiger partial charge on any atom is 0.373 e. The SMILES string of the molecule is CC(C)OOC(=O)C1(O)CCCCCCCC1. The van der Waals surface area contributed by atoms with Crippen LogP contribution < -0.4 is 0 Å². The van der Waals surface area contributed by atoms with E-state index in [1.807, 2.05) is 0 Å². The summed E-state index contributed by atoms with van der Waals surface area (Å²) in [4.78, 5) is 21.3. The van der Waals surface area contributed by atoms with Crippen LogP contribution in [0.4, 0.5) is 0 Å². The van der Waals surface area contributed by atoms with Crippen LogP contribution in [0.1, 0.15) is 65.2 Å². The molecule has 4 heteroatoms. The van der Waals surface area contributed by atoms with Gasteiger partial charge in [0.25, 0.3) is 0 Å². The normalized spacial score (nSPS) is 21.4. The van der Waals surface area contributed by atoms with E-state index < -0.39 is 11.6 Å². The van der Waals surface area contributed by atoms with Gasteiger partial charge in [0.15, 0.2) is 5.60 Å². The van der Waals surface area contributed by atoms with Crippen molar-refractivity contribution in [1.29, 1.82) is 0 Å². The van der Waals surface area contributed by atoms with Crippen LogP contribution in [0.5, 0.6) is 0 Å². The molecule has 1 fully saturated rings. The summed E-state index contributed by atoms with van der Waals surface area (Å²) in [6.07, 6.45) is 7.03. The zero-order valence-electron chi connectivity index (χ0n) is 10.9. The van der Waals surface area contributed by atoms with Crippen molar-refractivity contribution in [2.75, 3.05) is 0 Å². The van der Waals surface area contributed by atoms with Gasteiger partial charge in [-0.05, 0) is 39.5 Å². The van der Waals surface area contributed by atoms with Crippen LogP contribution in [0.3, 0.4) is 0 Å². The molecular formula is C13H24O4. The van der Waals surface area contributed by atoms with Crippen molar-refractivity contribution in [3.8, 4) is 0 Å². The topological polar surface area (TPSA) is 55.8 Å². The van der Waals surface area contributed by atoms with Crippen LogP contribution in [0.2, 0.25) is 0 Å². The summed E-state index contributed by atoms with van der Waals surface area (Å²) in [6, 6.07) is 0. The molecule has 4 nitrogen and oxygen atoms in total. The summed E-state index contributed by atoms with van der Waals surface area (Å²) in [7, 11) is 0. The Balaban J connectivity index is 2.51. The Morgan fingerprint density at radius 1 is 1.06 bits per heavy atom. The Kier molecular flexibility index (Phi) is 5.92.